The van der Waals surface area contributed by atoms with Crippen LogP contribution in [-0.4, -0.2) is 61.6 Å². The Bertz CT molecular complexity index is 726. The highest BCUT2D eigenvalue weighted by molar-refractivity contribution is 6.30. The molecule has 3 rings (SSSR count). The summed E-state index contributed by atoms with van der Waals surface area (Å²) in [5.41, 5.74) is 1.23. The van der Waals surface area contributed by atoms with E-state index >= 15 is 0 Å². The van der Waals surface area contributed by atoms with Crippen LogP contribution in [0.25, 0.3) is 0 Å². The molecule has 1 aliphatic rings. The highest BCUT2D eigenvalue weighted by Crippen LogP contribution is 2.16. The zero-order chi connectivity index (χ0) is 19.1. The molecular formula is C21H25ClN2O3. The normalized spacial score (nSPS) is 14.8. The summed E-state index contributed by atoms with van der Waals surface area (Å²) in [6, 6.07) is 15.1. The average molecular weight is 389 g/mol. The topological polar surface area (TPSA) is 42.0 Å². The van der Waals surface area contributed by atoms with Crippen molar-refractivity contribution in [2.75, 3.05) is 45.9 Å². The van der Waals surface area contributed by atoms with Crippen molar-refractivity contribution in [1.29, 1.82) is 0 Å². The van der Waals surface area contributed by atoms with Crippen LogP contribution in [0.4, 0.5) is 0 Å². The molecule has 0 N–H and O–H groups in total. The molecule has 27 heavy (non-hydrogen) atoms. The maximum absolute atomic E-state index is 12.3. The maximum Gasteiger partial charge on any atom is 0.260 e. The molecule has 144 valence electrons. The molecule has 0 spiro atoms. The van der Waals surface area contributed by atoms with E-state index < -0.39 is 0 Å². The molecule has 0 unspecified atom stereocenters. The van der Waals surface area contributed by atoms with Crippen molar-refractivity contribution in [3.8, 4) is 11.5 Å². The minimum absolute atomic E-state index is 0.0144. The lowest BCUT2D eigenvalue weighted by Gasteiger charge is -2.34. The second-order valence-corrected chi connectivity index (χ2v) is 7.06. The summed E-state index contributed by atoms with van der Waals surface area (Å²) in [4.78, 5) is 16.5. The van der Waals surface area contributed by atoms with Crippen molar-refractivity contribution in [2.24, 2.45) is 0 Å². The van der Waals surface area contributed by atoms with Gasteiger partial charge in [-0.25, -0.2) is 0 Å². The monoisotopic (exact) mass is 388 g/mol. The van der Waals surface area contributed by atoms with Crippen LogP contribution in [0.1, 0.15) is 5.56 Å². The van der Waals surface area contributed by atoms with Crippen molar-refractivity contribution < 1.29 is 14.3 Å². The van der Waals surface area contributed by atoms with Crippen LogP contribution in [0, 0.1) is 6.92 Å². The molecule has 6 heteroatoms. The van der Waals surface area contributed by atoms with E-state index in [9.17, 15) is 4.79 Å². The fourth-order valence-electron chi connectivity index (χ4n) is 2.92. The zero-order valence-corrected chi connectivity index (χ0v) is 16.3. The van der Waals surface area contributed by atoms with E-state index in [1.54, 1.807) is 24.3 Å². The van der Waals surface area contributed by atoms with E-state index in [4.69, 9.17) is 21.1 Å². The second kappa shape index (κ2) is 9.62. The predicted octanol–water partition coefficient (Wildman–Crippen LogP) is 3.25. The molecule has 0 saturated carbocycles. The van der Waals surface area contributed by atoms with Crippen LogP contribution in [0.15, 0.2) is 48.5 Å². The molecular weight excluding hydrogens is 364 g/mol. The summed E-state index contributed by atoms with van der Waals surface area (Å²) in [6.45, 7) is 6.76. The largest absolute Gasteiger partial charge is 0.492 e. The summed E-state index contributed by atoms with van der Waals surface area (Å²) >= 11 is 5.84. The van der Waals surface area contributed by atoms with Gasteiger partial charge in [-0.1, -0.05) is 29.3 Å². The van der Waals surface area contributed by atoms with Gasteiger partial charge in [-0.15, -0.1) is 0 Å². The highest BCUT2D eigenvalue weighted by atomic mass is 35.5. The number of carbonyl (C=O) groups is 1. The number of nitrogens with zero attached hydrogens (tertiary/aromatic N) is 2. The van der Waals surface area contributed by atoms with Gasteiger partial charge in [0.1, 0.15) is 18.1 Å². The highest BCUT2D eigenvalue weighted by Gasteiger charge is 2.21. The van der Waals surface area contributed by atoms with Gasteiger partial charge in [0, 0.05) is 37.7 Å². The molecule has 0 atom stereocenters. The molecule has 0 bridgehead atoms. The Balaban J connectivity index is 1.33. The van der Waals surface area contributed by atoms with E-state index in [0.29, 0.717) is 30.5 Å². The Hall–Kier alpha value is -2.24. The van der Waals surface area contributed by atoms with Crippen molar-refractivity contribution in [3.63, 3.8) is 0 Å². The number of carbonyl (C=O) groups excluding carboxylic acids is 1. The SMILES string of the molecule is Cc1ccc(OCCN2CCN(C(=O)COc3ccc(Cl)cc3)CC2)cc1. The Morgan fingerprint density at radius 2 is 1.52 bits per heavy atom. The smallest absolute Gasteiger partial charge is 0.260 e. The second-order valence-electron chi connectivity index (χ2n) is 6.63. The van der Waals surface area contributed by atoms with Crippen LogP contribution in [0.3, 0.4) is 0 Å². The van der Waals surface area contributed by atoms with Crippen LogP contribution < -0.4 is 9.47 Å². The minimum atomic E-state index is 0.0144. The molecule has 2 aromatic rings. The molecule has 1 amide bonds. The Kier molecular flexibility index (Phi) is 6.96. The zero-order valence-electron chi connectivity index (χ0n) is 15.6. The minimum Gasteiger partial charge on any atom is -0.492 e. The van der Waals surface area contributed by atoms with Gasteiger partial charge in [-0.3, -0.25) is 9.69 Å². The number of rotatable bonds is 7. The van der Waals surface area contributed by atoms with Gasteiger partial charge in [0.15, 0.2) is 6.61 Å². The molecule has 1 fully saturated rings. The lowest BCUT2D eigenvalue weighted by atomic mass is 10.2. The first-order chi connectivity index (χ1) is 13.1. The number of aryl methyl sites for hydroxylation is 1. The first-order valence-corrected chi connectivity index (χ1v) is 9.56. The fourth-order valence-corrected chi connectivity index (χ4v) is 3.04. The quantitative estimate of drug-likeness (QED) is 0.730. The molecule has 0 aliphatic carbocycles. The number of benzene rings is 2. The first kappa shape index (κ1) is 19.5. The summed E-state index contributed by atoms with van der Waals surface area (Å²) in [7, 11) is 0. The van der Waals surface area contributed by atoms with E-state index in [1.165, 1.54) is 5.56 Å². The number of halogens is 1. The molecule has 1 aliphatic heterocycles. The fraction of sp³-hybridized carbons (Fsp3) is 0.381. The van der Waals surface area contributed by atoms with Gasteiger partial charge in [0.2, 0.25) is 0 Å². The molecule has 0 aromatic heterocycles. The Labute approximate surface area is 165 Å². The molecule has 1 saturated heterocycles. The predicted molar refractivity (Wildman–Crippen MR) is 107 cm³/mol. The summed E-state index contributed by atoms with van der Waals surface area (Å²) < 4.78 is 11.3. The number of hydrogen-bond acceptors (Lipinski definition) is 4. The summed E-state index contributed by atoms with van der Waals surface area (Å²) in [5, 5.41) is 0.649. The lowest BCUT2D eigenvalue weighted by Crippen LogP contribution is -2.50. The van der Waals surface area contributed by atoms with Gasteiger partial charge in [-0.2, -0.15) is 0 Å². The Morgan fingerprint density at radius 3 is 2.19 bits per heavy atom. The average Bonchev–Trinajstić information content (AvgIpc) is 2.69. The van der Waals surface area contributed by atoms with E-state index in [2.05, 4.69) is 11.8 Å². The molecule has 2 aromatic carbocycles. The third kappa shape index (κ3) is 6.15. The van der Waals surface area contributed by atoms with Gasteiger partial charge < -0.3 is 14.4 Å². The van der Waals surface area contributed by atoms with Crippen LogP contribution in [0.5, 0.6) is 11.5 Å². The van der Waals surface area contributed by atoms with E-state index in [1.807, 2.05) is 29.2 Å². The number of amides is 1. The molecule has 0 radical (unpaired) electrons. The van der Waals surface area contributed by atoms with Gasteiger partial charge in [0.05, 0.1) is 0 Å². The van der Waals surface area contributed by atoms with E-state index in [0.717, 1.165) is 25.4 Å². The van der Waals surface area contributed by atoms with Crippen molar-refractivity contribution in [1.82, 2.24) is 9.80 Å². The summed E-state index contributed by atoms with van der Waals surface area (Å²) in [5.74, 6) is 1.56. The number of hydrogen-bond donors (Lipinski definition) is 0. The van der Waals surface area contributed by atoms with Crippen LogP contribution in [0.2, 0.25) is 5.02 Å². The standard InChI is InChI=1S/C21H25ClN2O3/c1-17-2-6-19(7-3-17)26-15-14-23-10-12-24(13-11-23)21(25)16-27-20-8-4-18(22)5-9-20/h2-9H,10-16H2,1H3. The molecule has 5 nitrogen and oxygen atoms in total. The number of piperazine rings is 1. The van der Waals surface area contributed by atoms with Gasteiger partial charge >= 0.3 is 0 Å². The van der Waals surface area contributed by atoms with Crippen LogP contribution >= 0.6 is 11.6 Å². The number of ether oxygens (including phenoxy) is 2. The van der Waals surface area contributed by atoms with Gasteiger partial charge in [-0.05, 0) is 43.3 Å². The molecule has 1 heterocycles. The van der Waals surface area contributed by atoms with Crippen molar-refractivity contribution >= 4 is 17.5 Å². The third-order valence-corrected chi connectivity index (χ3v) is 4.85. The van der Waals surface area contributed by atoms with Gasteiger partial charge in [0.25, 0.3) is 5.91 Å². The van der Waals surface area contributed by atoms with Crippen molar-refractivity contribution in [2.45, 2.75) is 6.92 Å². The van der Waals surface area contributed by atoms with Crippen molar-refractivity contribution in [3.05, 3.63) is 59.1 Å². The maximum atomic E-state index is 12.3. The Morgan fingerprint density at radius 1 is 0.926 bits per heavy atom. The first-order valence-electron chi connectivity index (χ1n) is 9.18. The van der Waals surface area contributed by atoms with Crippen LogP contribution in [-0.2, 0) is 4.79 Å². The third-order valence-electron chi connectivity index (χ3n) is 4.60. The summed E-state index contributed by atoms with van der Waals surface area (Å²) in [6.07, 6.45) is 0. The lowest BCUT2D eigenvalue weighted by molar-refractivity contribution is -0.135. The van der Waals surface area contributed by atoms with E-state index in [-0.39, 0.29) is 12.5 Å².